The maximum absolute atomic E-state index is 13.3. The van der Waals surface area contributed by atoms with Gasteiger partial charge in [0.2, 0.25) is 0 Å². The highest BCUT2D eigenvalue weighted by atomic mass is 19.1. The smallest absolute Gasteiger partial charge is 0.170 e. The summed E-state index contributed by atoms with van der Waals surface area (Å²) in [5, 5.41) is 5.11. The van der Waals surface area contributed by atoms with Crippen molar-refractivity contribution in [2.24, 2.45) is 0 Å². The van der Waals surface area contributed by atoms with Gasteiger partial charge in [0.15, 0.2) is 5.58 Å². The van der Waals surface area contributed by atoms with Gasteiger partial charge < -0.3 is 14.3 Å². The fraction of sp³-hybridized carbons (Fsp3) is 0.458. The molecular formula is C24H26FN3O. The maximum atomic E-state index is 13.3. The molecular weight excluding hydrogens is 365 g/mol. The fourth-order valence-electron chi connectivity index (χ4n) is 5.85. The Labute approximate surface area is 170 Å². The monoisotopic (exact) mass is 391 g/mol. The summed E-state index contributed by atoms with van der Waals surface area (Å²) >= 11 is 0. The third kappa shape index (κ3) is 2.86. The number of anilines is 1. The third-order valence-electron chi connectivity index (χ3n) is 7.14. The van der Waals surface area contributed by atoms with Crippen LogP contribution in [0.15, 0.2) is 40.9 Å². The van der Waals surface area contributed by atoms with Gasteiger partial charge >= 0.3 is 0 Å². The van der Waals surface area contributed by atoms with Gasteiger partial charge in [-0.1, -0.05) is 23.4 Å². The van der Waals surface area contributed by atoms with E-state index >= 15 is 0 Å². The fourth-order valence-corrected chi connectivity index (χ4v) is 5.85. The topological polar surface area (TPSA) is 32.5 Å². The van der Waals surface area contributed by atoms with Crippen molar-refractivity contribution in [1.82, 2.24) is 10.1 Å². The first-order chi connectivity index (χ1) is 14.3. The Hall–Kier alpha value is -2.40. The first kappa shape index (κ1) is 17.5. The average molecular weight is 391 g/mol. The highest BCUT2D eigenvalue weighted by Crippen LogP contribution is 2.48. The van der Waals surface area contributed by atoms with Crippen LogP contribution in [-0.2, 0) is 12.8 Å². The average Bonchev–Trinajstić information content (AvgIpc) is 3.29. The SMILES string of the molecule is Fc1ccc2c(CCCN3CC[C@@H]4[C@H](C3)c3cccc5c3N4CCC5)noc2c1. The molecule has 6 rings (SSSR count). The van der Waals surface area contributed by atoms with Gasteiger partial charge in [0.1, 0.15) is 5.82 Å². The van der Waals surface area contributed by atoms with Crippen molar-refractivity contribution in [2.45, 2.75) is 44.1 Å². The summed E-state index contributed by atoms with van der Waals surface area (Å²) < 4.78 is 18.6. The lowest BCUT2D eigenvalue weighted by Gasteiger charge is -2.40. The zero-order chi connectivity index (χ0) is 19.4. The van der Waals surface area contributed by atoms with Gasteiger partial charge in [0.25, 0.3) is 0 Å². The Morgan fingerprint density at radius 1 is 1.17 bits per heavy atom. The van der Waals surface area contributed by atoms with Gasteiger partial charge in [-0.15, -0.1) is 0 Å². The minimum atomic E-state index is -0.277. The van der Waals surface area contributed by atoms with Gasteiger partial charge in [-0.05, 0) is 61.9 Å². The van der Waals surface area contributed by atoms with Crippen molar-refractivity contribution < 1.29 is 8.91 Å². The number of aromatic nitrogens is 1. The summed E-state index contributed by atoms with van der Waals surface area (Å²) in [6.45, 7) is 4.63. The molecule has 3 aromatic rings. The van der Waals surface area contributed by atoms with Crippen LogP contribution in [0.2, 0.25) is 0 Å². The predicted molar refractivity (Wildman–Crippen MR) is 112 cm³/mol. The molecule has 0 spiro atoms. The number of fused-ring (bicyclic) bond motifs is 4. The van der Waals surface area contributed by atoms with Crippen molar-refractivity contribution in [1.29, 1.82) is 0 Å². The number of piperidine rings is 1. The Morgan fingerprint density at radius 2 is 2.14 bits per heavy atom. The van der Waals surface area contributed by atoms with E-state index in [0.29, 0.717) is 17.5 Å². The van der Waals surface area contributed by atoms with Crippen LogP contribution < -0.4 is 4.90 Å². The Bertz CT molecular complexity index is 1060. The molecule has 2 atom stereocenters. The van der Waals surface area contributed by atoms with Gasteiger partial charge in [-0.2, -0.15) is 0 Å². The van der Waals surface area contributed by atoms with Gasteiger partial charge in [-0.25, -0.2) is 4.39 Å². The molecule has 3 aliphatic rings. The molecule has 1 aromatic heterocycles. The Morgan fingerprint density at radius 3 is 3.10 bits per heavy atom. The molecule has 4 nitrogen and oxygen atoms in total. The number of hydrogen-bond donors (Lipinski definition) is 0. The molecule has 4 heterocycles. The highest BCUT2D eigenvalue weighted by molar-refractivity contribution is 5.79. The molecule has 0 N–H and O–H groups in total. The van der Waals surface area contributed by atoms with Crippen LogP contribution in [0, 0.1) is 5.82 Å². The summed E-state index contributed by atoms with van der Waals surface area (Å²) in [6, 6.07) is 12.3. The van der Waals surface area contributed by atoms with E-state index in [1.807, 2.05) is 0 Å². The minimum absolute atomic E-state index is 0.277. The summed E-state index contributed by atoms with van der Waals surface area (Å²) in [4.78, 5) is 5.35. The minimum Gasteiger partial charge on any atom is -0.367 e. The Kier molecular flexibility index (Phi) is 4.12. The van der Waals surface area contributed by atoms with Crippen LogP contribution in [-0.4, -0.2) is 42.3 Å². The van der Waals surface area contributed by atoms with E-state index in [9.17, 15) is 4.39 Å². The van der Waals surface area contributed by atoms with Crippen LogP contribution in [0.4, 0.5) is 10.1 Å². The van der Waals surface area contributed by atoms with Crippen LogP contribution in [0.25, 0.3) is 11.0 Å². The number of nitrogens with zero attached hydrogens (tertiary/aromatic N) is 3. The quantitative estimate of drug-likeness (QED) is 0.654. The van der Waals surface area contributed by atoms with E-state index in [-0.39, 0.29) is 5.82 Å². The van der Waals surface area contributed by atoms with Crippen LogP contribution in [0.3, 0.4) is 0 Å². The summed E-state index contributed by atoms with van der Waals surface area (Å²) in [6.07, 6.45) is 5.70. The highest BCUT2D eigenvalue weighted by Gasteiger charge is 2.43. The molecule has 3 aliphatic heterocycles. The van der Waals surface area contributed by atoms with Crippen molar-refractivity contribution >= 4 is 16.7 Å². The third-order valence-corrected chi connectivity index (χ3v) is 7.14. The summed E-state index contributed by atoms with van der Waals surface area (Å²) in [7, 11) is 0. The van der Waals surface area contributed by atoms with Crippen molar-refractivity contribution in [3.8, 4) is 0 Å². The lowest BCUT2D eigenvalue weighted by molar-refractivity contribution is 0.191. The Balaban J connectivity index is 1.13. The molecule has 2 aromatic carbocycles. The first-order valence-electron chi connectivity index (χ1n) is 10.9. The van der Waals surface area contributed by atoms with E-state index in [2.05, 4.69) is 33.2 Å². The van der Waals surface area contributed by atoms with E-state index in [0.717, 1.165) is 37.0 Å². The summed E-state index contributed by atoms with van der Waals surface area (Å²) in [5.74, 6) is 0.369. The predicted octanol–water partition coefficient (Wildman–Crippen LogP) is 4.52. The maximum Gasteiger partial charge on any atom is 0.170 e. The van der Waals surface area contributed by atoms with Crippen molar-refractivity contribution in [3.05, 3.63) is 59.0 Å². The molecule has 0 aliphatic carbocycles. The number of benzene rings is 2. The molecule has 0 amide bonds. The van der Waals surface area contributed by atoms with E-state index < -0.39 is 0 Å². The molecule has 1 saturated heterocycles. The van der Waals surface area contributed by atoms with Gasteiger partial charge in [-0.3, -0.25) is 0 Å². The van der Waals surface area contributed by atoms with Crippen LogP contribution in [0.1, 0.15) is 42.0 Å². The summed E-state index contributed by atoms with van der Waals surface area (Å²) in [5.41, 5.74) is 6.20. The number of likely N-dealkylation sites (tertiary alicyclic amines) is 1. The standard InChI is InChI=1S/C24H26FN3O/c25-17-8-9-19-21(26-29-23(19)14-17)7-3-11-27-13-10-22-20(15-27)18-6-1-4-16-5-2-12-28(22)24(16)18/h1,4,6,8-9,14,20,22H,2-3,5,7,10-13,15H2/t20-,22-/m1/s1. The second kappa shape index (κ2) is 6.84. The molecule has 5 heteroatoms. The molecule has 0 radical (unpaired) electrons. The molecule has 1 fully saturated rings. The van der Waals surface area contributed by atoms with E-state index in [1.54, 1.807) is 22.9 Å². The van der Waals surface area contributed by atoms with Crippen LogP contribution in [0.5, 0.6) is 0 Å². The van der Waals surface area contributed by atoms with Crippen LogP contribution >= 0.6 is 0 Å². The van der Waals surface area contributed by atoms with E-state index in [1.165, 1.54) is 44.5 Å². The second-order valence-corrected chi connectivity index (χ2v) is 8.79. The molecule has 0 saturated carbocycles. The van der Waals surface area contributed by atoms with Gasteiger partial charge in [0.05, 0.1) is 5.69 Å². The largest absolute Gasteiger partial charge is 0.367 e. The first-order valence-corrected chi connectivity index (χ1v) is 10.9. The normalized spacial score (nSPS) is 23.4. The van der Waals surface area contributed by atoms with Crippen molar-refractivity contribution in [2.75, 3.05) is 31.1 Å². The molecule has 0 bridgehead atoms. The number of halogens is 1. The molecule has 150 valence electrons. The number of para-hydroxylation sites is 1. The van der Waals surface area contributed by atoms with Crippen molar-refractivity contribution in [3.63, 3.8) is 0 Å². The number of aryl methyl sites for hydroxylation is 2. The number of rotatable bonds is 4. The second-order valence-electron chi connectivity index (χ2n) is 8.79. The van der Waals surface area contributed by atoms with Gasteiger partial charge in [0, 0.05) is 48.7 Å². The lowest BCUT2D eigenvalue weighted by Crippen LogP contribution is -2.47. The van der Waals surface area contributed by atoms with E-state index in [4.69, 9.17) is 4.52 Å². The zero-order valence-corrected chi connectivity index (χ0v) is 16.6. The zero-order valence-electron chi connectivity index (χ0n) is 16.6. The molecule has 0 unspecified atom stereocenters. The lowest BCUT2D eigenvalue weighted by atomic mass is 9.88. The molecule has 29 heavy (non-hydrogen) atoms. The number of hydrogen-bond acceptors (Lipinski definition) is 4.